The molecule has 0 saturated heterocycles. The normalized spacial score (nSPS) is 16.5. The summed E-state index contributed by atoms with van der Waals surface area (Å²) in [5.74, 6) is -2.27. The molecule has 0 radical (unpaired) electrons. The molecule has 3 rings (SSSR count). The lowest BCUT2D eigenvalue weighted by atomic mass is 10.1. The zero-order valence-corrected chi connectivity index (χ0v) is 18.5. The molecule has 2 aromatic carbocycles. The van der Waals surface area contributed by atoms with E-state index in [2.05, 4.69) is 5.32 Å². The van der Waals surface area contributed by atoms with E-state index < -0.39 is 63.6 Å². The zero-order valence-electron chi connectivity index (χ0n) is 17.7. The van der Waals surface area contributed by atoms with E-state index in [1.54, 1.807) is 0 Å². The Hall–Kier alpha value is -3.29. The Labute approximate surface area is 194 Å². The van der Waals surface area contributed by atoms with Gasteiger partial charge in [-0.15, -0.1) is 0 Å². The van der Waals surface area contributed by atoms with Crippen LogP contribution in [0.3, 0.4) is 0 Å². The van der Waals surface area contributed by atoms with E-state index >= 15 is 0 Å². The predicted molar refractivity (Wildman–Crippen MR) is 111 cm³/mol. The molecule has 14 heteroatoms. The summed E-state index contributed by atoms with van der Waals surface area (Å²) in [5.41, 5.74) is -4.00. The molecule has 1 unspecified atom stereocenters. The summed E-state index contributed by atoms with van der Waals surface area (Å²) in [6.07, 6.45) is -8.92. The number of amides is 1. The minimum atomic E-state index is -5.10. The number of anilines is 1. The van der Waals surface area contributed by atoms with Gasteiger partial charge in [-0.25, -0.2) is 12.8 Å². The molecule has 0 fully saturated rings. The summed E-state index contributed by atoms with van der Waals surface area (Å²) >= 11 is 0. The molecule has 1 aliphatic heterocycles. The number of ether oxygens (including phenoxy) is 1. The minimum absolute atomic E-state index is 0.0171. The quantitative estimate of drug-likeness (QED) is 0.536. The summed E-state index contributed by atoms with van der Waals surface area (Å²) in [6.45, 7) is -0.559. The Balaban J connectivity index is 1.70. The third-order valence-corrected chi connectivity index (χ3v) is 5.34. The van der Waals surface area contributed by atoms with Crippen molar-refractivity contribution in [2.75, 3.05) is 11.0 Å². The van der Waals surface area contributed by atoms with Gasteiger partial charge in [-0.2, -0.15) is 26.3 Å². The molecule has 0 bridgehead atoms. The molecule has 1 atom stereocenters. The van der Waals surface area contributed by atoms with Crippen LogP contribution in [0.15, 0.2) is 42.5 Å². The SMILES string of the molecule is CS(=O)(=O)Nc1c(F)cc(CNC(=O)C2CC=C(c3cccc(C(F)(F)F)c3)O2)cc1C(F)(F)F. The van der Waals surface area contributed by atoms with Gasteiger partial charge in [-0.1, -0.05) is 12.1 Å². The Kier molecular flexibility index (Phi) is 7.07. The number of nitrogens with one attached hydrogen (secondary N) is 2. The second kappa shape index (κ2) is 9.40. The summed E-state index contributed by atoms with van der Waals surface area (Å²) in [6, 6.07) is 5.36. The number of carbonyl (C=O) groups is 1. The maximum Gasteiger partial charge on any atom is 0.418 e. The van der Waals surface area contributed by atoms with Crippen LogP contribution < -0.4 is 10.0 Å². The average Bonchev–Trinajstić information content (AvgIpc) is 3.22. The Bertz CT molecular complexity index is 1270. The fourth-order valence-corrected chi connectivity index (χ4v) is 3.82. The molecule has 1 aliphatic rings. The van der Waals surface area contributed by atoms with E-state index in [4.69, 9.17) is 4.74 Å². The largest absolute Gasteiger partial charge is 0.480 e. The molecule has 0 aliphatic carbocycles. The maximum absolute atomic E-state index is 14.3. The van der Waals surface area contributed by atoms with Gasteiger partial charge in [0.2, 0.25) is 10.0 Å². The van der Waals surface area contributed by atoms with E-state index in [0.29, 0.717) is 18.4 Å². The first-order chi connectivity index (χ1) is 16.0. The highest BCUT2D eigenvalue weighted by Gasteiger charge is 2.37. The summed E-state index contributed by atoms with van der Waals surface area (Å²) in [4.78, 5) is 12.4. The van der Waals surface area contributed by atoms with Gasteiger partial charge in [0.05, 0.1) is 23.1 Å². The van der Waals surface area contributed by atoms with Crippen molar-refractivity contribution >= 4 is 27.4 Å². The van der Waals surface area contributed by atoms with Gasteiger partial charge in [0.1, 0.15) is 11.6 Å². The van der Waals surface area contributed by atoms with Gasteiger partial charge in [0.25, 0.3) is 5.91 Å². The van der Waals surface area contributed by atoms with Crippen LogP contribution in [0.5, 0.6) is 0 Å². The van der Waals surface area contributed by atoms with Crippen molar-refractivity contribution in [2.45, 2.75) is 31.4 Å². The van der Waals surface area contributed by atoms with Crippen LogP contribution in [0, 0.1) is 5.82 Å². The van der Waals surface area contributed by atoms with Gasteiger partial charge in [-0.3, -0.25) is 9.52 Å². The average molecular weight is 526 g/mol. The smallest absolute Gasteiger partial charge is 0.418 e. The van der Waals surface area contributed by atoms with Gasteiger partial charge in [-0.05, 0) is 35.9 Å². The van der Waals surface area contributed by atoms with Crippen molar-refractivity contribution < 1.29 is 48.7 Å². The number of alkyl halides is 6. The number of sulfonamides is 1. The molecule has 6 nitrogen and oxygen atoms in total. The third-order valence-electron chi connectivity index (χ3n) is 4.76. The molecule has 0 aromatic heterocycles. The van der Waals surface area contributed by atoms with Crippen molar-refractivity contribution in [3.63, 3.8) is 0 Å². The van der Waals surface area contributed by atoms with E-state index in [-0.39, 0.29) is 23.3 Å². The Morgan fingerprint density at radius 3 is 2.37 bits per heavy atom. The molecule has 1 heterocycles. The highest BCUT2D eigenvalue weighted by atomic mass is 32.2. The second-order valence-corrected chi connectivity index (χ2v) is 9.33. The third kappa shape index (κ3) is 6.65. The first kappa shape index (κ1) is 26.3. The van der Waals surface area contributed by atoms with Crippen LogP contribution in [0.25, 0.3) is 5.76 Å². The van der Waals surface area contributed by atoms with E-state index in [9.17, 15) is 43.9 Å². The van der Waals surface area contributed by atoms with Gasteiger partial charge >= 0.3 is 12.4 Å². The van der Waals surface area contributed by atoms with Crippen LogP contribution in [-0.4, -0.2) is 26.7 Å². The molecule has 0 saturated carbocycles. The first-order valence-corrected chi connectivity index (χ1v) is 11.6. The number of hydrogen-bond acceptors (Lipinski definition) is 4. The standard InChI is InChI=1S/C21H17F7N2O4S/c1-35(32,33)30-18-14(21(26,27)28)7-11(8-15(18)22)10-29-19(31)17-6-5-16(34-17)12-3-2-4-13(9-12)20(23,24)25/h2-5,7-9,17,30H,6,10H2,1H3,(H,29,31). The van der Waals surface area contributed by atoms with Crippen molar-refractivity contribution in [3.8, 4) is 0 Å². The highest BCUT2D eigenvalue weighted by molar-refractivity contribution is 7.92. The lowest BCUT2D eigenvalue weighted by Gasteiger charge is -2.17. The minimum Gasteiger partial charge on any atom is -0.480 e. The van der Waals surface area contributed by atoms with Crippen molar-refractivity contribution in [2.24, 2.45) is 0 Å². The topological polar surface area (TPSA) is 84.5 Å². The van der Waals surface area contributed by atoms with E-state index in [0.717, 1.165) is 12.1 Å². The lowest BCUT2D eigenvalue weighted by Crippen LogP contribution is -2.34. The number of rotatable bonds is 6. The summed E-state index contributed by atoms with van der Waals surface area (Å²) in [5, 5.41) is 2.27. The van der Waals surface area contributed by atoms with Crippen molar-refractivity contribution in [1.82, 2.24) is 5.32 Å². The zero-order chi connectivity index (χ0) is 26.2. The molecule has 0 spiro atoms. The molecule has 1 amide bonds. The molecule has 2 aromatic rings. The summed E-state index contributed by atoms with van der Waals surface area (Å²) in [7, 11) is -4.22. The van der Waals surface area contributed by atoms with Crippen molar-refractivity contribution in [3.05, 3.63) is 70.5 Å². The van der Waals surface area contributed by atoms with Crippen LogP contribution >= 0.6 is 0 Å². The van der Waals surface area contributed by atoms with Gasteiger partial charge in [0, 0.05) is 18.5 Å². The predicted octanol–water partition coefficient (Wildman–Crippen LogP) is 4.68. The molecule has 35 heavy (non-hydrogen) atoms. The van der Waals surface area contributed by atoms with Crippen LogP contribution in [0.2, 0.25) is 0 Å². The van der Waals surface area contributed by atoms with E-state index in [1.807, 2.05) is 0 Å². The van der Waals surface area contributed by atoms with Crippen molar-refractivity contribution in [1.29, 1.82) is 0 Å². The molecular formula is C21H17F7N2O4S. The lowest BCUT2D eigenvalue weighted by molar-refractivity contribution is -0.138. The molecular weight excluding hydrogens is 509 g/mol. The van der Waals surface area contributed by atoms with Crippen LogP contribution in [0.1, 0.15) is 28.7 Å². The van der Waals surface area contributed by atoms with Gasteiger partial charge in [0.15, 0.2) is 6.10 Å². The van der Waals surface area contributed by atoms with Gasteiger partial charge < -0.3 is 10.1 Å². The monoisotopic (exact) mass is 526 g/mol. The summed E-state index contributed by atoms with van der Waals surface area (Å²) < 4.78 is 123. The maximum atomic E-state index is 14.3. The number of carbonyl (C=O) groups excluding carboxylic acids is 1. The fourth-order valence-electron chi connectivity index (χ4n) is 3.24. The van der Waals surface area contributed by atoms with Crippen LogP contribution in [0.4, 0.5) is 36.4 Å². The Morgan fingerprint density at radius 2 is 1.77 bits per heavy atom. The number of benzene rings is 2. The first-order valence-electron chi connectivity index (χ1n) is 9.74. The molecule has 190 valence electrons. The highest BCUT2D eigenvalue weighted by Crippen LogP contribution is 2.38. The Morgan fingerprint density at radius 1 is 1.09 bits per heavy atom. The van der Waals surface area contributed by atoms with Crippen LogP contribution in [-0.2, 0) is 38.5 Å². The number of halogens is 7. The number of hydrogen-bond donors (Lipinski definition) is 2. The fraction of sp³-hybridized carbons (Fsp3) is 0.286. The molecule has 2 N–H and O–H groups in total. The van der Waals surface area contributed by atoms with E-state index in [1.165, 1.54) is 22.9 Å². The second-order valence-electron chi connectivity index (χ2n) is 7.58.